The Labute approximate surface area is 158 Å². The number of hydrogen-bond donors (Lipinski definition) is 1. The SMILES string of the molecule is CCN1CCc2c(NC(=O)c3ccccc3C)ccc(S(=O)(=O)Cl)c2C1. The molecule has 0 aromatic heterocycles. The quantitative estimate of drug-likeness (QED) is 0.808. The van der Waals surface area contributed by atoms with Gasteiger partial charge in [0.25, 0.3) is 15.0 Å². The van der Waals surface area contributed by atoms with Crippen molar-refractivity contribution in [1.82, 2.24) is 4.90 Å². The summed E-state index contributed by atoms with van der Waals surface area (Å²) in [5.74, 6) is -0.204. The molecule has 3 rings (SSSR count). The average molecular weight is 393 g/mol. The summed E-state index contributed by atoms with van der Waals surface area (Å²) in [6.45, 7) is 6.04. The van der Waals surface area contributed by atoms with Gasteiger partial charge in [-0.1, -0.05) is 25.1 Å². The number of anilines is 1. The van der Waals surface area contributed by atoms with E-state index in [9.17, 15) is 13.2 Å². The van der Waals surface area contributed by atoms with Gasteiger partial charge in [-0.25, -0.2) is 8.42 Å². The van der Waals surface area contributed by atoms with Crippen molar-refractivity contribution in [3.8, 4) is 0 Å². The molecule has 0 bridgehead atoms. The lowest BCUT2D eigenvalue weighted by molar-refractivity contribution is 0.102. The summed E-state index contributed by atoms with van der Waals surface area (Å²) in [6, 6.07) is 10.5. The molecule has 1 aliphatic rings. The molecule has 1 heterocycles. The second kappa shape index (κ2) is 7.39. The van der Waals surface area contributed by atoms with Crippen LogP contribution in [0.4, 0.5) is 5.69 Å². The zero-order valence-corrected chi connectivity index (χ0v) is 16.3. The summed E-state index contributed by atoms with van der Waals surface area (Å²) >= 11 is 0. The molecule has 0 spiro atoms. The molecule has 0 radical (unpaired) electrons. The van der Waals surface area contributed by atoms with Crippen LogP contribution in [0.25, 0.3) is 0 Å². The van der Waals surface area contributed by atoms with E-state index in [4.69, 9.17) is 10.7 Å². The molecule has 1 N–H and O–H groups in total. The number of rotatable bonds is 4. The van der Waals surface area contributed by atoms with Crippen molar-refractivity contribution < 1.29 is 13.2 Å². The van der Waals surface area contributed by atoms with E-state index in [2.05, 4.69) is 10.2 Å². The zero-order chi connectivity index (χ0) is 18.9. The Morgan fingerprint density at radius 2 is 1.92 bits per heavy atom. The third-order valence-electron chi connectivity index (χ3n) is 4.80. The predicted octanol–water partition coefficient (Wildman–Crippen LogP) is 3.55. The highest BCUT2D eigenvalue weighted by atomic mass is 35.7. The fourth-order valence-corrected chi connectivity index (χ4v) is 4.48. The summed E-state index contributed by atoms with van der Waals surface area (Å²) in [4.78, 5) is 14.9. The van der Waals surface area contributed by atoms with E-state index in [1.807, 2.05) is 32.0 Å². The van der Waals surface area contributed by atoms with Gasteiger partial charge >= 0.3 is 0 Å². The van der Waals surface area contributed by atoms with Gasteiger partial charge in [0.1, 0.15) is 0 Å². The molecule has 26 heavy (non-hydrogen) atoms. The third kappa shape index (κ3) is 3.77. The number of carbonyl (C=O) groups excluding carboxylic acids is 1. The highest BCUT2D eigenvalue weighted by molar-refractivity contribution is 8.13. The van der Waals surface area contributed by atoms with E-state index in [0.29, 0.717) is 29.8 Å². The van der Waals surface area contributed by atoms with Crippen molar-refractivity contribution in [2.24, 2.45) is 0 Å². The van der Waals surface area contributed by atoms with E-state index in [1.54, 1.807) is 12.1 Å². The smallest absolute Gasteiger partial charge is 0.261 e. The topological polar surface area (TPSA) is 66.5 Å². The van der Waals surface area contributed by atoms with E-state index in [1.165, 1.54) is 6.07 Å². The molecule has 0 atom stereocenters. The first-order valence-electron chi connectivity index (χ1n) is 8.50. The van der Waals surface area contributed by atoms with Crippen LogP contribution in [0.1, 0.15) is 34.0 Å². The molecule has 0 fully saturated rings. The van der Waals surface area contributed by atoms with Gasteiger partial charge in [0, 0.05) is 35.0 Å². The van der Waals surface area contributed by atoms with Gasteiger partial charge in [-0.2, -0.15) is 0 Å². The molecule has 0 saturated heterocycles. The van der Waals surface area contributed by atoms with E-state index in [0.717, 1.165) is 24.2 Å². The molecule has 0 aliphatic carbocycles. The highest BCUT2D eigenvalue weighted by Crippen LogP contribution is 2.33. The van der Waals surface area contributed by atoms with Crippen LogP contribution in [-0.4, -0.2) is 32.3 Å². The first kappa shape index (κ1) is 18.9. The van der Waals surface area contributed by atoms with Gasteiger partial charge < -0.3 is 5.32 Å². The molecule has 5 nitrogen and oxygen atoms in total. The van der Waals surface area contributed by atoms with Gasteiger partial charge in [0.15, 0.2) is 0 Å². The van der Waals surface area contributed by atoms with Crippen LogP contribution in [-0.2, 0) is 22.0 Å². The first-order chi connectivity index (χ1) is 12.3. The van der Waals surface area contributed by atoms with Crippen molar-refractivity contribution in [2.45, 2.75) is 31.7 Å². The Hall–Kier alpha value is -1.89. The number of likely N-dealkylation sites (N-methyl/N-ethyl adjacent to an activating group) is 1. The molecular formula is C19H21ClN2O3S. The van der Waals surface area contributed by atoms with E-state index < -0.39 is 9.05 Å². The normalized spacial score (nSPS) is 14.7. The fourth-order valence-electron chi connectivity index (χ4n) is 3.34. The Kier molecular flexibility index (Phi) is 5.37. The molecule has 7 heteroatoms. The minimum absolute atomic E-state index is 0.126. The summed E-state index contributed by atoms with van der Waals surface area (Å²) in [7, 11) is 1.78. The number of nitrogens with one attached hydrogen (secondary N) is 1. The Balaban J connectivity index is 2.02. The average Bonchev–Trinajstić information content (AvgIpc) is 2.60. The summed E-state index contributed by atoms with van der Waals surface area (Å²) in [5.41, 5.74) is 3.65. The summed E-state index contributed by atoms with van der Waals surface area (Å²) < 4.78 is 23.9. The maximum absolute atomic E-state index is 12.7. The maximum atomic E-state index is 12.7. The van der Waals surface area contributed by atoms with Crippen LogP contribution < -0.4 is 5.32 Å². The number of nitrogens with zero attached hydrogens (tertiary/aromatic N) is 1. The lowest BCUT2D eigenvalue weighted by atomic mass is 9.97. The van der Waals surface area contributed by atoms with E-state index in [-0.39, 0.29) is 10.8 Å². The largest absolute Gasteiger partial charge is 0.322 e. The third-order valence-corrected chi connectivity index (χ3v) is 6.20. The van der Waals surface area contributed by atoms with Crippen molar-refractivity contribution in [2.75, 3.05) is 18.4 Å². The molecule has 0 unspecified atom stereocenters. The van der Waals surface area contributed by atoms with Gasteiger partial charge in [-0.05, 0) is 54.8 Å². The van der Waals surface area contributed by atoms with Crippen LogP contribution >= 0.6 is 10.7 Å². The van der Waals surface area contributed by atoms with Crippen LogP contribution in [0.5, 0.6) is 0 Å². The first-order valence-corrected chi connectivity index (χ1v) is 10.8. The van der Waals surface area contributed by atoms with Crippen molar-refractivity contribution in [3.05, 3.63) is 58.7 Å². The number of hydrogen-bond acceptors (Lipinski definition) is 4. The van der Waals surface area contributed by atoms with Crippen LogP contribution in [0, 0.1) is 6.92 Å². The zero-order valence-electron chi connectivity index (χ0n) is 14.8. The highest BCUT2D eigenvalue weighted by Gasteiger charge is 2.26. The Morgan fingerprint density at radius 1 is 1.19 bits per heavy atom. The van der Waals surface area contributed by atoms with Crippen molar-refractivity contribution in [3.63, 3.8) is 0 Å². The minimum atomic E-state index is -3.85. The standard InChI is InChI=1S/C19H21ClN2O3S/c1-3-22-11-10-15-16(12-22)18(26(20,24)25)9-8-17(15)21-19(23)14-7-5-4-6-13(14)2/h4-9H,3,10-12H2,1-2H3,(H,21,23). The predicted molar refractivity (Wildman–Crippen MR) is 103 cm³/mol. The number of amides is 1. The van der Waals surface area contributed by atoms with Crippen molar-refractivity contribution >= 4 is 31.3 Å². The van der Waals surface area contributed by atoms with Gasteiger partial charge in [0.2, 0.25) is 0 Å². The molecular weight excluding hydrogens is 372 g/mol. The van der Waals surface area contributed by atoms with Crippen molar-refractivity contribution in [1.29, 1.82) is 0 Å². The lowest BCUT2D eigenvalue weighted by Gasteiger charge is -2.30. The molecule has 1 amide bonds. The molecule has 2 aromatic carbocycles. The molecule has 2 aromatic rings. The number of benzene rings is 2. The number of fused-ring (bicyclic) bond motifs is 1. The van der Waals surface area contributed by atoms with E-state index >= 15 is 0 Å². The summed E-state index contributed by atoms with van der Waals surface area (Å²) in [5, 5.41) is 2.94. The van der Waals surface area contributed by atoms with Gasteiger partial charge in [-0.15, -0.1) is 0 Å². The van der Waals surface area contributed by atoms with Gasteiger partial charge in [0.05, 0.1) is 4.90 Å². The molecule has 138 valence electrons. The number of aryl methyl sites for hydroxylation is 1. The lowest BCUT2D eigenvalue weighted by Crippen LogP contribution is -2.32. The monoisotopic (exact) mass is 392 g/mol. The Bertz CT molecular complexity index is 957. The number of halogens is 1. The molecule has 1 aliphatic heterocycles. The fraction of sp³-hybridized carbons (Fsp3) is 0.316. The van der Waals surface area contributed by atoms with Crippen LogP contribution in [0.15, 0.2) is 41.3 Å². The Morgan fingerprint density at radius 3 is 2.58 bits per heavy atom. The van der Waals surface area contributed by atoms with Crippen LogP contribution in [0.2, 0.25) is 0 Å². The van der Waals surface area contributed by atoms with Crippen LogP contribution in [0.3, 0.4) is 0 Å². The summed E-state index contributed by atoms with van der Waals surface area (Å²) in [6.07, 6.45) is 0.660. The minimum Gasteiger partial charge on any atom is -0.322 e. The second-order valence-corrected chi connectivity index (χ2v) is 8.93. The molecule has 0 saturated carbocycles. The second-order valence-electron chi connectivity index (χ2n) is 6.39. The van der Waals surface area contributed by atoms with Gasteiger partial charge in [-0.3, -0.25) is 9.69 Å². The maximum Gasteiger partial charge on any atom is 0.261 e. The number of carbonyl (C=O) groups is 1.